The van der Waals surface area contributed by atoms with Crippen molar-refractivity contribution in [2.45, 2.75) is 13.0 Å². The summed E-state index contributed by atoms with van der Waals surface area (Å²) in [4.78, 5) is 30.4. The zero-order chi connectivity index (χ0) is 25.4. The van der Waals surface area contributed by atoms with Crippen LogP contribution in [0.3, 0.4) is 0 Å². The Morgan fingerprint density at radius 1 is 1.08 bits per heavy atom. The Morgan fingerprint density at radius 2 is 1.86 bits per heavy atom. The molecule has 10 nitrogen and oxygen atoms in total. The first-order chi connectivity index (χ1) is 18.0. The smallest absolute Gasteiger partial charge is 0.314 e. The number of imidazole rings is 1. The lowest BCUT2D eigenvalue weighted by atomic mass is 9.98. The van der Waals surface area contributed by atoms with Crippen molar-refractivity contribution >= 4 is 23.2 Å². The summed E-state index contributed by atoms with van der Waals surface area (Å²) in [5.74, 6) is -0.351. The summed E-state index contributed by atoms with van der Waals surface area (Å²) >= 11 is 0. The maximum absolute atomic E-state index is 13.6. The van der Waals surface area contributed by atoms with E-state index >= 15 is 0 Å². The van der Waals surface area contributed by atoms with Gasteiger partial charge >= 0.3 is 6.43 Å². The van der Waals surface area contributed by atoms with E-state index < -0.39 is 12.3 Å². The van der Waals surface area contributed by atoms with Crippen molar-refractivity contribution in [3.8, 4) is 11.5 Å². The van der Waals surface area contributed by atoms with Crippen LogP contribution in [0.4, 0.5) is 20.4 Å². The number of aromatic nitrogens is 6. The monoisotopic (exact) mass is 502 g/mol. The number of nitrogens with zero attached hydrogens (tertiary/aromatic N) is 8. The molecule has 0 aliphatic carbocycles. The number of para-hydroxylation sites is 1. The normalized spacial score (nSPS) is 13.8. The van der Waals surface area contributed by atoms with Crippen LogP contribution in [0.2, 0.25) is 0 Å². The number of amides is 1. The summed E-state index contributed by atoms with van der Waals surface area (Å²) in [5.41, 5.74) is 2.46. The van der Waals surface area contributed by atoms with Crippen LogP contribution in [0.5, 0.6) is 0 Å². The van der Waals surface area contributed by atoms with E-state index in [9.17, 15) is 13.6 Å². The van der Waals surface area contributed by atoms with Crippen molar-refractivity contribution in [2.24, 2.45) is 5.92 Å². The minimum Gasteiger partial charge on any atom is -0.415 e. The quantitative estimate of drug-likeness (QED) is 0.331. The predicted octanol–water partition coefficient (Wildman–Crippen LogP) is 3.78. The predicted molar refractivity (Wildman–Crippen MR) is 129 cm³/mol. The first-order valence-electron chi connectivity index (χ1n) is 11.5. The highest BCUT2D eigenvalue weighted by Crippen LogP contribution is 2.27. The third kappa shape index (κ3) is 4.48. The molecule has 37 heavy (non-hydrogen) atoms. The molecule has 0 saturated carbocycles. The van der Waals surface area contributed by atoms with E-state index in [4.69, 9.17) is 4.42 Å². The van der Waals surface area contributed by atoms with Gasteiger partial charge in [-0.2, -0.15) is 8.78 Å². The molecule has 6 rings (SSSR count). The van der Waals surface area contributed by atoms with Gasteiger partial charge in [0.25, 0.3) is 5.89 Å². The number of hydrogen-bond acceptors (Lipinski definition) is 8. The van der Waals surface area contributed by atoms with Gasteiger partial charge in [-0.15, -0.1) is 10.2 Å². The molecular formula is C25H20F2N8O2. The van der Waals surface area contributed by atoms with Gasteiger partial charge in [-0.05, 0) is 30.3 Å². The van der Waals surface area contributed by atoms with Gasteiger partial charge in [-0.3, -0.25) is 4.79 Å². The molecule has 0 atom stereocenters. The van der Waals surface area contributed by atoms with Crippen LogP contribution in [0.25, 0.3) is 17.1 Å². The van der Waals surface area contributed by atoms with Gasteiger partial charge in [0, 0.05) is 49.1 Å². The van der Waals surface area contributed by atoms with E-state index in [1.54, 1.807) is 46.1 Å². The minimum absolute atomic E-state index is 0.0125. The summed E-state index contributed by atoms with van der Waals surface area (Å²) in [7, 11) is 0. The molecule has 1 saturated heterocycles. The number of rotatable bonds is 7. The van der Waals surface area contributed by atoms with Crippen molar-refractivity contribution in [1.82, 2.24) is 29.5 Å². The van der Waals surface area contributed by atoms with Crippen LogP contribution >= 0.6 is 0 Å². The highest BCUT2D eigenvalue weighted by atomic mass is 19.3. The molecule has 0 unspecified atom stereocenters. The molecule has 1 aliphatic rings. The van der Waals surface area contributed by atoms with Crippen molar-refractivity contribution in [1.29, 1.82) is 0 Å². The lowest BCUT2D eigenvalue weighted by Gasteiger charge is -2.40. The second kappa shape index (κ2) is 9.37. The lowest BCUT2D eigenvalue weighted by molar-refractivity contribution is -0.123. The number of carbonyl (C=O) groups is 1. The molecular weight excluding hydrogens is 482 g/mol. The summed E-state index contributed by atoms with van der Waals surface area (Å²) in [6, 6.07) is 14.5. The van der Waals surface area contributed by atoms with Gasteiger partial charge in [0.15, 0.2) is 0 Å². The highest BCUT2D eigenvalue weighted by Gasteiger charge is 2.37. The lowest BCUT2D eigenvalue weighted by Crippen LogP contribution is -2.55. The van der Waals surface area contributed by atoms with E-state index in [1.165, 1.54) is 0 Å². The zero-order valence-corrected chi connectivity index (χ0v) is 19.4. The van der Waals surface area contributed by atoms with Crippen molar-refractivity contribution < 1.29 is 18.0 Å². The van der Waals surface area contributed by atoms with Gasteiger partial charge < -0.3 is 18.6 Å². The van der Waals surface area contributed by atoms with Crippen molar-refractivity contribution in [2.75, 3.05) is 22.9 Å². The molecule has 4 aromatic heterocycles. The molecule has 1 fully saturated rings. The first-order valence-corrected chi connectivity index (χ1v) is 11.5. The van der Waals surface area contributed by atoms with E-state index in [2.05, 4.69) is 25.1 Å². The molecule has 0 radical (unpaired) electrons. The standard InChI is InChI=1S/C25H20F2N8O2/c26-21(27)23-32-31-22(37-23)16-7-10-33-14-18(30-20(33)11-16)15-35(19-5-2-1-3-6-19)24(36)17-12-34(13-17)25-28-8-4-9-29-25/h1-11,14,17,21H,12-13,15H2. The number of fused-ring (bicyclic) bond motifs is 1. The van der Waals surface area contributed by atoms with Gasteiger partial charge in [-0.25, -0.2) is 15.0 Å². The van der Waals surface area contributed by atoms with Crippen molar-refractivity contribution in [3.63, 3.8) is 0 Å². The number of alkyl halides is 2. The Bertz CT molecular complexity index is 1530. The van der Waals surface area contributed by atoms with E-state index in [1.807, 2.05) is 41.4 Å². The van der Waals surface area contributed by atoms with E-state index in [-0.39, 0.29) is 24.3 Å². The van der Waals surface area contributed by atoms with Gasteiger partial charge in [-0.1, -0.05) is 18.2 Å². The number of benzene rings is 1. The van der Waals surface area contributed by atoms with Crippen LogP contribution in [-0.2, 0) is 11.3 Å². The molecule has 186 valence electrons. The Balaban J connectivity index is 1.23. The Hall–Kier alpha value is -4.74. The van der Waals surface area contributed by atoms with E-state index in [0.717, 1.165) is 5.69 Å². The second-order valence-electron chi connectivity index (χ2n) is 8.57. The Kier molecular flexibility index (Phi) is 5.75. The summed E-state index contributed by atoms with van der Waals surface area (Å²) in [5, 5.41) is 7.07. The van der Waals surface area contributed by atoms with Crippen LogP contribution < -0.4 is 9.80 Å². The number of halogens is 2. The summed E-state index contributed by atoms with van der Waals surface area (Å²) in [6.07, 6.45) is 4.07. The zero-order valence-electron chi connectivity index (χ0n) is 19.4. The summed E-state index contributed by atoms with van der Waals surface area (Å²) in [6.45, 7) is 1.32. The molecule has 5 aromatic rings. The maximum Gasteiger partial charge on any atom is 0.314 e. The topological polar surface area (TPSA) is 106 Å². The molecule has 1 amide bonds. The molecule has 12 heteroatoms. The molecule has 0 N–H and O–H groups in total. The van der Waals surface area contributed by atoms with Crippen molar-refractivity contribution in [3.05, 3.63) is 84.9 Å². The van der Waals surface area contributed by atoms with Crippen LogP contribution in [0.15, 0.2) is 77.7 Å². The molecule has 1 aliphatic heterocycles. The fourth-order valence-electron chi connectivity index (χ4n) is 4.22. The Labute approximate surface area is 209 Å². The third-order valence-corrected chi connectivity index (χ3v) is 6.10. The number of pyridine rings is 1. The minimum atomic E-state index is -2.84. The third-order valence-electron chi connectivity index (χ3n) is 6.10. The SMILES string of the molecule is O=C(C1CN(c2ncccn2)C1)N(Cc1cn2ccc(-c3nnc(C(F)F)o3)cc2n1)c1ccccc1. The Morgan fingerprint density at radius 3 is 2.59 bits per heavy atom. The van der Waals surface area contributed by atoms with Gasteiger partial charge in [0.05, 0.1) is 18.2 Å². The highest BCUT2D eigenvalue weighted by molar-refractivity contribution is 5.96. The fraction of sp³-hybridized carbons (Fsp3) is 0.200. The average Bonchev–Trinajstić information content (AvgIpc) is 3.54. The van der Waals surface area contributed by atoms with Crippen LogP contribution in [0, 0.1) is 5.92 Å². The van der Waals surface area contributed by atoms with Gasteiger partial charge in [0.1, 0.15) is 5.65 Å². The summed E-state index contributed by atoms with van der Waals surface area (Å²) < 4.78 is 32.5. The second-order valence-corrected chi connectivity index (χ2v) is 8.57. The molecule has 0 spiro atoms. The fourth-order valence-corrected chi connectivity index (χ4v) is 4.22. The molecule has 0 bridgehead atoms. The van der Waals surface area contributed by atoms with E-state index in [0.29, 0.717) is 35.9 Å². The molecule has 1 aromatic carbocycles. The number of carbonyl (C=O) groups excluding carboxylic acids is 1. The maximum atomic E-state index is 13.6. The largest absolute Gasteiger partial charge is 0.415 e. The number of anilines is 2. The van der Waals surface area contributed by atoms with Crippen LogP contribution in [0.1, 0.15) is 18.0 Å². The number of hydrogen-bond donors (Lipinski definition) is 0. The molecule has 5 heterocycles. The van der Waals surface area contributed by atoms with Crippen LogP contribution in [-0.4, -0.2) is 48.5 Å². The average molecular weight is 502 g/mol. The first kappa shape index (κ1) is 22.7. The van der Waals surface area contributed by atoms with Gasteiger partial charge in [0.2, 0.25) is 17.7 Å².